The fraction of sp³-hybridized carbons (Fsp3) is 1.00. The fourth-order valence-electron chi connectivity index (χ4n) is 0. The molecule has 0 rings (SSSR count). The second-order valence-electron chi connectivity index (χ2n) is 1.98. The molecule has 0 aromatic carbocycles. The van der Waals surface area contributed by atoms with Crippen LogP contribution in [-0.4, -0.2) is 18.8 Å². The van der Waals surface area contributed by atoms with E-state index in [1.54, 1.807) is 0 Å². The van der Waals surface area contributed by atoms with Gasteiger partial charge in [0.25, 0.3) is 6.43 Å². The third-order valence-corrected chi connectivity index (χ3v) is 0.748. The molecular formula is C6H10F6. The van der Waals surface area contributed by atoms with Crippen LogP contribution in [0, 0.1) is 0 Å². The minimum absolute atomic E-state index is 0.729. The lowest BCUT2D eigenvalue weighted by atomic mass is 10.5. The highest BCUT2D eigenvalue weighted by Gasteiger charge is 2.22. The second kappa shape index (κ2) is 6.14. The van der Waals surface area contributed by atoms with Gasteiger partial charge < -0.3 is 0 Å². The van der Waals surface area contributed by atoms with Gasteiger partial charge in [0.05, 0.1) is 0 Å². The number of alkyl halides is 6. The van der Waals surface area contributed by atoms with Crippen LogP contribution in [-0.2, 0) is 0 Å². The summed E-state index contributed by atoms with van der Waals surface area (Å²) in [7, 11) is 0. The van der Waals surface area contributed by atoms with E-state index in [4.69, 9.17) is 0 Å². The molecule has 0 nitrogen and oxygen atoms in total. The fourth-order valence-corrected chi connectivity index (χ4v) is 0. The predicted molar refractivity (Wildman–Crippen MR) is 32.9 cm³/mol. The SMILES string of the molecule is CC(F)C(F)F.CCC(F)(F)F. The van der Waals surface area contributed by atoms with Crippen LogP contribution in [0.4, 0.5) is 26.3 Å². The van der Waals surface area contributed by atoms with E-state index in [9.17, 15) is 26.3 Å². The molecule has 0 aromatic heterocycles. The van der Waals surface area contributed by atoms with Gasteiger partial charge in [0.1, 0.15) is 0 Å². The van der Waals surface area contributed by atoms with Gasteiger partial charge >= 0.3 is 6.18 Å². The van der Waals surface area contributed by atoms with Crippen molar-refractivity contribution in [3.63, 3.8) is 0 Å². The van der Waals surface area contributed by atoms with E-state index >= 15 is 0 Å². The standard InChI is InChI=1S/2C3H5F3/c1-2-3(4,5)6;1-2(4)3(5)6/h2H2,1H3;2-3H,1H3. The van der Waals surface area contributed by atoms with E-state index < -0.39 is 25.2 Å². The van der Waals surface area contributed by atoms with E-state index in [1.165, 1.54) is 0 Å². The molecule has 0 saturated heterocycles. The molecule has 0 spiro atoms. The third-order valence-electron chi connectivity index (χ3n) is 0.748. The summed E-state index contributed by atoms with van der Waals surface area (Å²) < 4.78 is 65.0. The van der Waals surface area contributed by atoms with Crippen molar-refractivity contribution < 1.29 is 26.3 Å². The van der Waals surface area contributed by atoms with Gasteiger partial charge in [0.2, 0.25) is 0 Å². The number of hydrogen-bond donors (Lipinski definition) is 0. The summed E-state index contributed by atoms with van der Waals surface area (Å²) >= 11 is 0. The van der Waals surface area contributed by atoms with Crippen LogP contribution in [0.3, 0.4) is 0 Å². The van der Waals surface area contributed by atoms with Gasteiger partial charge in [0.15, 0.2) is 6.17 Å². The zero-order valence-corrected chi connectivity index (χ0v) is 6.63. The Balaban J connectivity index is 0. The Hall–Kier alpha value is -0.420. The van der Waals surface area contributed by atoms with Crippen LogP contribution in [0.1, 0.15) is 20.3 Å². The Morgan fingerprint density at radius 1 is 1.08 bits per heavy atom. The molecule has 1 unspecified atom stereocenters. The average molecular weight is 196 g/mol. The number of rotatable bonds is 1. The first kappa shape index (κ1) is 14.1. The third kappa shape index (κ3) is 16.3. The summed E-state index contributed by atoms with van der Waals surface area (Å²) in [5.41, 5.74) is 0. The average Bonchev–Trinajstić information content (AvgIpc) is 1.87. The van der Waals surface area contributed by atoms with Crippen LogP contribution in [0.5, 0.6) is 0 Å². The summed E-state index contributed by atoms with van der Waals surface area (Å²) in [5.74, 6) is 0. The van der Waals surface area contributed by atoms with E-state index in [2.05, 4.69) is 0 Å². The number of halogens is 6. The van der Waals surface area contributed by atoms with Crippen LogP contribution in [0.2, 0.25) is 0 Å². The Morgan fingerprint density at radius 2 is 1.25 bits per heavy atom. The molecule has 0 N–H and O–H groups in total. The maximum Gasteiger partial charge on any atom is 0.388 e. The summed E-state index contributed by atoms with van der Waals surface area (Å²) in [6, 6.07) is 0. The van der Waals surface area contributed by atoms with E-state index in [0.29, 0.717) is 0 Å². The second-order valence-corrected chi connectivity index (χ2v) is 1.98. The van der Waals surface area contributed by atoms with Crippen molar-refractivity contribution in [1.82, 2.24) is 0 Å². The van der Waals surface area contributed by atoms with E-state index in [-0.39, 0.29) is 0 Å². The Morgan fingerprint density at radius 3 is 1.25 bits per heavy atom. The molecular weight excluding hydrogens is 186 g/mol. The molecule has 6 heteroatoms. The highest BCUT2D eigenvalue weighted by Crippen LogP contribution is 2.17. The van der Waals surface area contributed by atoms with Crippen molar-refractivity contribution in [2.24, 2.45) is 0 Å². The van der Waals surface area contributed by atoms with E-state index in [1.807, 2.05) is 0 Å². The highest BCUT2D eigenvalue weighted by molar-refractivity contribution is 4.45. The smallest absolute Gasteiger partial charge is 0.242 e. The van der Waals surface area contributed by atoms with Gasteiger partial charge in [-0.1, -0.05) is 6.92 Å². The van der Waals surface area contributed by atoms with Crippen molar-refractivity contribution in [2.75, 3.05) is 0 Å². The molecule has 0 saturated carbocycles. The van der Waals surface area contributed by atoms with E-state index in [0.717, 1.165) is 13.8 Å². The Bertz CT molecular complexity index is 88.7. The molecule has 1 atom stereocenters. The topological polar surface area (TPSA) is 0 Å². The lowest BCUT2D eigenvalue weighted by Gasteiger charge is -1.96. The summed E-state index contributed by atoms with van der Waals surface area (Å²) in [5, 5.41) is 0. The first-order valence-corrected chi connectivity index (χ1v) is 3.19. The zero-order valence-electron chi connectivity index (χ0n) is 6.63. The lowest BCUT2D eigenvalue weighted by molar-refractivity contribution is -0.130. The molecule has 0 heterocycles. The van der Waals surface area contributed by atoms with Crippen molar-refractivity contribution in [1.29, 1.82) is 0 Å². The van der Waals surface area contributed by atoms with Crippen molar-refractivity contribution >= 4 is 0 Å². The largest absolute Gasteiger partial charge is 0.388 e. The molecule has 0 amide bonds. The molecule has 76 valence electrons. The number of hydrogen-bond acceptors (Lipinski definition) is 0. The normalized spacial score (nSPS) is 13.8. The maximum absolute atomic E-state index is 11.1. The van der Waals surface area contributed by atoms with Gasteiger partial charge in [0, 0.05) is 6.42 Å². The first-order chi connectivity index (χ1) is 5.20. The van der Waals surface area contributed by atoms with Gasteiger partial charge in [-0.25, -0.2) is 13.2 Å². The van der Waals surface area contributed by atoms with Gasteiger partial charge in [-0.15, -0.1) is 0 Å². The Kier molecular flexibility index (Phi) is 7.22. The minimum Gasteiger partial charge on any atom is -0.242 e. The zero-order chi connectivity index (χ0) is 10.4. The summed E-state index contributed by atoms with van der Waals surface area (Å²) in [6.45, 7) is 1.91. The molecule has 0 bridgehead atoms. The Labute approximate surface area is 66.6 Å². The monoisotopic (exact) mass is 196 g/mol. The summed E-state index contributed by atoms with van der Waals surface area (Å²) in [6.07, 6.45) is -9.48. The van der Waals surface area contributed by atoms with Gasteiger partial charge in [-0.2, -0.15) is 13.2 Å². The maximum atomic E-state index is 11.1. The van der Waals surface area contributed by atoms with Crippen molar-refractivity contribution in [3.05, 3.63) is 0 Å². The van der Waals surface area contributed by atoms with Crippen LogP contribution in [0.15, 0.2) is 0 Å². The highest BCUT2D eigenvalue weighted by atomic mass is 19.4. The molecule has 0 aliphatic carbocycles. The molecule has 0 aliphatic heterocycles. The van der Waals surface area contributed by atoms with Gasteiger partial charge in [-0.3, -0.25) is 0 Å². The minimum atomic E-state index is -3.96. The van der Waals surface area contributed by atoms with Crippen LogP contribution in [0.25, 0.3) is 0 Å². The first-order valence-electron chi connectivity index (χ1n) is 3.19. The summed E-state index contributed by atoms with van der Waals surface area (Å²) in [4.78, 5) is 0. The van der Waals surface area contributed by atoms with Crippen molar-refractivity contribution in [2.45, 2.75) is 39.0 Å². The molecule has 0 fully saturated rings. The van der Waals surface area contributed by atoms with Crippen molar-refractivity contribution in [3.8, 4) is 0 Å². The molecule has 12 heavy (non-hydrogen) atoms. The quantitative estimate of drug-likeness (QED) is 0.562. The van der Waals surface area contributed by atoms with Gasteiger partial charge in [-0.05, 0) is 6.92 Å². The van der Waals surface area contributed by atoms with Crippen LogP contribution < -0.4 is 0 Å². The molecule has 0 aliphatic rings. The lowest BCUT2D eigenvalue weighted by Crippen LogP contribution is -2.04. The predicted octanol–water partition coefficient (Wildman–Crippen LogP) is 3.57. The molecule has 0 radical (unpaired) electrons. The van der Waals surface area contributed by atoms with Crippen LogP contribution >= 0.6 is 0 Å². The molecule has 0 aromatic rings.